The molecule has 0 aliphatic heterocycles. The van der Waals surface area contributed by atoms with Crippen LogP contribution in [0.15, 0.2) is 22.8 Å². The monoisotopic (exact) mass is 341 g/mol. The highest BCUT2D eigenvalue weighted by atomic mass is 79.9. The van der Waals surface area contributed by atoms with E-state index in [4.69, 9.17) is 15.2 Å². The summed E-state index contributed by atoms with van der Waals surface area (Å²) in [5.41, 5.74) is 7.73. The maximum absolute atomic E-state index is 6.25. The zero-order valence-electron chi connectivity index (χ0n) is 11.3. The molecule has 0 spiro atoms. The maximum Gasteiger partial charge on any atom is 0.233 e. The van der Waals surface area contributed by atoms with Crippen LogP contribution in [0.5, 0.6) is 5.88 Å². The molecule has 0 aliphatic carbocycles. The molecule has 0 saturated heterocycles. The van der Waals surface area contributed by atoms with E-state index in [2.05, 4.69) is 31.2 Å². The van der Waals surface area contributed by atoms with Gasteiger partial charge in [-0.2, -0.15) is 5.10 Å². The Kier molecular flexibility index (Phi) is 5.05. The van der Waals surface area contributed by atoms with Crippen LogP contribution in [0.3, 0.4) is 0 Å². The van der Waals surface area contributed by atoms with Crippen molar-refractivity contribution in [2.45, 2.75) is 12.6 Å². The summed E-state index contributed by atoms with van der Waals surface area (Å²) in [5, 5.41) is 12.3. The molecule has 2 aromatic heterocycles. The molecule has 1 atom stereocenters. The zero-order valence-corrected chi connectivity index (χ0v) is 12.9. The lowest BCUT2D eigenvalue weighted by molar-refractivity contribution is 0.182. The fourth-order valence-electron chi connectivity index (χ4n) is 1.78. The number of aromatic nitrogens is 4. The Morgan fingerprint density at radius 3 is 2.75 bits per heavy atom. The molecule has 0 aliphatic rings. The molecule has 2 rings (SSSR count). The van der Waals surface area contributed by atoms with Crippen molar-refractivity contribution in [3.8, 4) is 5.88 Å². The van der Waals surface area contributed by atoms with Crippen molar-refractivity contribution in [1.29, 1.82) is 0 Å². The molecule has 2 N–H and O–H groups in total. The predicted molar refractivity (Wildman–Crippen MR) is 76.4 cm³/mol. The average Bonchev–Trinajstić information content (AvgIpc) is 2.85. The normalized spacial score (nSPS) is 12.4. The van der Waals surface area contributed by atoms with E-state index in [1.54, 1.807) is 37.2 Å². The van der Waals surface area contributed by atoms with E-state index in [-0.39, 0.29) is 0 Å². The summed E-state index contributed by atoms with van der Waals surface area (Å²) in [7, 11) is 3.19. The van der Waals surface area contributed by atoms with Gasteiger partial charge < -0.3 is 15.2 Å². The minimum atomic E-state index is -0.429. The summed E-state index contributed by atoms with van der Waals surface area (Å²) in [5.74, 6) is 0.452. The second-order valence-corrected chi connectivity index (χ2v) is 4.93. The molecule has 0 fully saturated rings. The van der Waals surface area contributed by atoms with E-state index < -0.39 is 6.04 Å². The Morgan fingerprint density at radius 1 is 1.35 bits per heavy atom. The number of nitrogens with zero attached hydrogens (tertiary/aromatic N) is 4. The van der Waals surface area contributed by atoms with Crippen molar-refractivity contribution < 1.29 is 9.47 Å². The highest BCUT2D eigenvalue weighted by Gasteiger charge is 2.20. The van der Waals surface area contributed by atoms with Crippen molar-refractivity contribution >= 4 is 15.9 Å². The van der Waals surface area contributed by atoms with Crippen molar-refractivity contribution in [3.05, 3.63) is 34.2 Å². The van der Waals surface area contributed by atoms with Crippen LogP contribution in [-0.2, 0) is 11.3 Å². The molecule has 108 valence electrons. The quantitative estimate of drug-likeness (QED) is 0.847. The van der Waals surface area contributed by atoms with E-state index in [1.165, 1.54) is 0 Å². The lowest BCUT2D eigenvalue weighted by Crippen LogP contribution is -2.20. The minimum absolute atomic E-state index is 0.429. The Labute approximate surface area is 125 Å². The van der Waals surface area contributed by atoms with Crippen molar-refractivity contribution in [1.82, 2.24) is 20.0 Å². The Balaban J connectivity index is 2.26. The van der Waals surface area contributed by atoms with Gasteiger partial charge in [0.1, 0.15) is 0 Å². The molecule has 2 heterocycles. The summed E-state index contributed by atoms with van der Waals surface area (Å²) < 4.78 is 12.7. The number of halogens is 1. The Bertz CT molecular complexity index is 557. The molecule has 7 nitrogen and oxygen atoms in total. The predicted octanol–water partition coefficient (Wildman–Crippen LogP) is 1.14. The SMILES string of the molecule is COCCn1ncc(Br)c1C(N)c1ccc(OC)nn1. The van der Waals surface area contributed by atoms with E-state index in [0.717, 1.165) is 10.2 Å². The van der Waals surface area contributed by atoms with E-state index >= 15 is 0 Å². The Hall–Kier alpha value is -1.51. The van der Waals surface area contributed by atoms with Crippen LogP contribution < -0.4 is 10.5 Å². The number of rotatable bonds is 6. The summed E-state index contributed by atoms with van der Waals surface area (Å²) >= 11 is 3.46. The molecule has 0 radical (unpaired) electrons. The lowest BCUT2D eigenvalue weighted by Gasteiger charge is -2.14. The molecule has 0 saturated carbocycles. The van der Waals surface area contributed by atoms with Crippen LogP contribution in [0.1, 0.15) is 17.4 Å². The van der Waals surface area contributed by atoms with E-state index in [0.29, 0.717) is 24.7 Å². The molecule has 2 aromatic rings. The zero-order chi connectivity index (χ0) is 14.5. The molecule has 1 unspecified atom stereocenters. The first kappa shape index (κ1) is 14.9. The summed E-state index contributed by atoms with van der Waals surface area (Å²) in [4.78, 5) is 0. The van der Waals surface area contributed by atoms with Crippen molar-refractivity contribution in [2.24, 2.45) is 5.73 Å². The van der Waals surface area contributed by atoms with Crippen molar-refractivity contribution in [2.75, 3.05) is 20.8 Å². The summed E-state index contributed by atoms with van der Waals surface area (Å²) in [6, 6.07) is 3.09. The molecule has 20 heavy (non-hydrogen) atoms. The molecular formula is C12H16BrN5O2. The fourth-order valence-corrected chi connectivity index (χ4v) is 2.33. The summed E-state index contributed by atoms with van der Waals surface area (Å²) in [6.45, 7) is 1.18. The maximum atomic E-state index is 6.25. The van der Waals surface area contributed by atoms with Gasteiger partial charge >= 0.3 is 0 Å². The van der Waals surface area contributed by atoms with Crippen LogP contribution in [0, 0.1) is 0 Å². The van der Waals surface area contributed by atoms with Gasteiger partial charge in [-0.1, -0.05) is 0 Å². The van der Waals surface area contributed by atoms with Crippen molar-refractivity contribution in [3.63, 3.8) is 0 Å². The third kappa shape index (κ3) is 3.14. The smallest absolute Gasteiger partial charge is 0.233 e. The van der Waals surface area contributed by atoms with E-state index in [1.807, 2.05) is 0 Å². The van der Waals surface area contributed by atoms with Crippen LogP contribution in [-0.4, -0.2) is 40.8 Å². The minimum Gasteiger partial charge on any atom is -0.480 e. The molecule has 8 heteroatoms. The largest absolute Gasteiger partial charge is 0.480 e. The van der Waals surface area contributed by atoms with Crippen LogP contribution in [0.2, 0.25) is 0 Å². The van der Waals surface area contributed by atoms with Gasteiger partial charge in [0.25, 0.3) is 0 Å². The summed E-state index contributed by atoms with van der Waals surface area (Å²) in [6.07, 6.45) is 1.71. The molecule has 0 aromatic carbocycles. The average molecular weight is 342 g/mol. The number of hydrogen-bond donors (Lipinski definition) is 1. The third-order valence-corrected chi connectivity index (χ3v) is 3.43. The van der Waals surface area contributed by atoms with Crippen LogP contribution in [0.25, 0.3) is 0 Å². The Morgan fingerprint density at radius 2 is 2.15 bits per heavy atom. The highest BCUT2D eigenvalue weighted by molar-refractivity contribution is 9.10. The van der Waals surface area contributed by atoms with Gasteiger partial charge in [-0.25, -0.2) is 0 Å². The number of ether oxygens (including phenoxy) is 2. The van der Waals surface area contributed by atoms with Gasteiger partial charge in [0, 0.05) is 13.2 Å². The molecule has 0 amide bonds. The topological polar surface area (TPSA) is 88.1 Å². The molecular weight excluding hydrogens is 326 g/mol. The number of methoxy groups -OCH3 is 2. The van der Waals surface area contributed by atoms with Crippen LogP contribution >= 0.6 is 15.9 Å². The molecule has 0 bridgehead atoms. The second-order valence-electron chi connectivity index (χ2n) is 4.07. The first-order chi connectivity index (χ1) is 9.67. The highest BCUT2D eigenvalue weighted by Crippen LogP contribution is 2.26. The number of hydrogen-bond acceptors (Lipinski definition) is 6. The standard InChI is InChI=1S/C12H16BrN5O2/c1-19-6-5-18-12(8(13)7-15-18)11(14)9-3-4-10(20-2)17-16-9/h3-4,7,11H,5-6,14H2,1-2H3. The van der Waals surface area contributed by atoms with Gasteiger partial charge in [0.2, 0.25) is 5.88 Å². The first-order valence-electron chi connectivity index (χ1n) is 6.00. The van der Waals surface area contributed by atoms with Crippen LogP contribution in [0.4, 0.5) is 0 Å². The van der Waals surface area contributed by atoms with Gasteiger partial charge in [0.15, 0.2) is 0 Å². The third-order valence-electron chi connectivity index (χ3n) is 2.82. The second kappa shape index (κ2) is 6.78. The first-order valence-corrected chi connectivity index (χ1v) is 6.80. The van der Waals surface area contributed by atoms with Gasteiger partial charge in [-0.15, -0.1) is 10.2 Å². The fraction of sp³-hybridized carbons (Fsp3) is 0.417. The lowest BCUT2D eigenvalue weighted by atomic mass is 10.1. The van der Waals surface area contributed by atoms with Gasteiger partial charge in [-0.3, -0.25) is 4.68 Å². The van der Waals surface area contributed by atoms with Gasteiger partial charge in [-0.05, 0) is 22.0 Å². The number of nitrogens with two attached hydrogens (primary N) is 1. The van der Waals surface area contributed by atoms with Gasteiger partial charge in [0.05, 0.1) is 48.4 Å². The van der Waals surface area contributed by atoms with E-state index in [9.17, 15) is 0 Å².